The van der Waals surface area contributed by atoms with Crippen LogP contribution in [-0.4, -0.2) is 32.3 Å². The lowest BCUT2D eigenvalue weighted by atomic mass is 10.2. The minimum atomic E-state index is -0.327. The van der Waals surface area contributed by atoms with Crippen LogP contribution in [0.2, 0.25) is 0 Å². The molecule has 1 unspecified atom stereocenters. The molecule has 5 heteroatoms. The number of esters is 1. The highest BCUT2D eigenvalue weighted by molar-refractivity contribution is 5.70. The standard InChI is InChI=1S/C12H19NO4/c1-3-16-12(14)9-15-8-6-13-10(2)11-5-4-7-17-11/h4-5,7,10,13H,3,6,8-9H2,1-2H3. The van der Waals surface area contributed by atoms with Crippen molar-refractivity contribution >= 4 is 5.97 Å². The Balaban J connectivity index is 2.03. The van der Waals surface area contributed by atoms with Crippen LogP contribution in [0.1, 0.15) is 25.6 Å². The number of ether oxygens (including phenoxy) is 2. The highest BCUT2D eigenvalue weighted by Gasteiger charge is 2.06. The molecule has 0 fully saturated rings. The van der Waals surface area contributed by atoms with Crippen LogP contribution >= 0.6 is 0 Å². The smallest absolute Gasteiger partial charge is 0.332 e. The van der Waals surface area contributed by atoms with Gasteiger partial charge in [-0.05, 0) is 26.0 Å². The van der Waals surface area contributed by atoms with E-state index in [0.29, 0.717) is 19.8 Å². The van der Waals surface area contributed by atoms with Crippen LogP contribution in [0, 0.1) is 0 Å². The van der Waals surface area contributed by atoms with Gasteiger partial charge >= 0.3 is 5.97 Å². The molecule has 1 atom stereocenters. The largest absolute Gasteiger partial charge is 0.468 e. The van der Waals surface area contributed by atoms with Crippen molar-refractivity contribution in [1.29, 1.82) is 0 Å². The molecule has 0 saturated heterocycles. The van der Waals surface area contributed by atoms with E-state index < -0.39 is 0 Å². The maximum atomic E-state index is 10.9. The topological polar surface area (TPSA) is 60.7 Å². The summed E-state index contributed by atoms with van der Waals surface area (Å²) in [7, 11) is 0. The Morgan fingerprint density at radius 2 is 2.41 bits per heavy atom. The van der Waals surface area contributed by atoms with E-state index in [-0.39, 0.29) is 18.6 Å². The minimum Gasteiger partial charge on any atom is -0.468 e. The lowest BCUT2D eigenvalue weighted by molar-refractivity contribution is -0.148. The average Bonchev–Trinajstić information content (AvgIpc) is 2.82. The Morgan fingerprint density at radius 3 is 3.06 bits per heavy atom. The van der Waals surface area contributed by atoms with Crippen LogP contribution in [0.15, 0.2) is 22.8 Å². The van der Waals surface area contributed by atoms with E-state index in [0.717, 1.165) is 5.76 Å². The third-order valence-electron chi connectivity index (χ3n) is 2.19. The van der Waals surface area contributed by atoms with Crippen molar-refractivity contribution in [2.24, 2.45) is 0 Å². The summed E-state index contributed by atoms with van der Waals surface area (Å²) < 4.78 is 15.1. The molecule has 0 amide bonds. The predicted molar refractivity (Wildman–Crippen MR) is 62.6 cm³/mol. The van der Waals surface area contributed by atoms with Gasteiger partial charge in [-0.25, -0.2) is 4.79 Å². The van der Waals surface area contributed by atoms with Gasteiger partial charge in [0.1, 0.15) is 12.4 Å². The van der Waals surface area contributed by atoms with Gasteiger partial charge in [-0.15, -0.1) is 0 Å². The molecule has 0 bridgehead atoms. The van der Waals surface area contributed by atoms with E-state index in [4.69, 9.17) is 13.9 Å². The van der Waals surface area contributed by atoms with E-state index in [9.17, 15) is 4.79 Å². The highest BCUT2D eigenvalue weighted by atomic mass is 16.6. The monoisotopic (exact) mass is 241 g/mol. The number of furan rings is 1. The van der Waals surface area contributed by atoms with Gasteiger partial charge in [0.2, 0.25) is 0 Å². The van der Waals surface area contributed by atoms with Crippen LogP contribution in [0.3, 0.4) is 0 Å². The molecule has 1 rings (SSSR count). The number of nitrogens with one attached hydrogen (secondary N) is 1. The SMILES string of the molecule is CCOC(=O)COCCNC(C)c1ccco1. The van der Waals surface area contributed by atoms with Crippen molar-refractivity contribution in [3.63, 3.8) is 0 Å². The zero-order chi connectivity index (χ0) is 12.5. The second-order valence-corrected chi connectivity index (χ2v) is 3.55. The summed E-state index contributed by atoms with van der Waals surface area (Å²) in [5, 5.41) is 3.22. The minimum absolute atomic E-state index is 0.00462. The average molecular weight is 241 g/mol. The number of carbonyl (C=O) groups is 1. The first kappa shape index (κ1) is 13.7. The van der Waals surface area contributed by atoms with Crippen LogP contribution in [0.4, 0.5) is 0 Å². The fourth-order valence-electron chi connectivity index (χ4n) is 1.34. The van der Waals surface area contributed by atoms with Crippen molar-refractivity contribution in [2.75, 3.05) is 26.4 Å². The van der Waals surface area contributed by atoms with Gasteiger partial charge < -0.3 is 19.2 Å². The first-order valence-electron chi connectivity index (χ1n) is 5.74. The molecule has 0 saturated carbocycles. The van der Waals surface area contributed by atoms with Crippen molar-refractivity contribution in [3.05, 3.63) is 24.2 Å². The van der Waals surface area contributed by atoms with Crippen molar-refractivity contribution in [3.8, 4) is 0 Å². The summed E-state index contributed by atoms with van der Waals surface area (Å²) in [6, 6.07) is 3.90. The molecule has 1 aromatic heterocycles. The van der Waals surface area contributed by atoms with Gasteiger partial charge in [0.15, 0.2) is 0 Å². The summed E-state index contributed by atoms with van der Waals surface area (Å²) in [4.78, 5) is 10.9. The molecule has 0 aliphatic carbocycles. The molecule has 5 nitrogen and oxygen atoms in total. The van der Waals surface area contributed by atoms with Gasteiger partial charge in [-0.1, -0.05) is 0 Å². The Hall–Kier alpha value is -1.33. The molecule has 17 heavy (non-hydrogen) atoms. The lowest BCUT2D eigenvalue weighted by Crippen LogP contribution is -2.24. The summed E-state index contributed by atoms with van der Waals surface area (Å²) in [5.41, 5.74) is 0. The van der Waals surface area contributed by atoms with Crippen molar-refractivity contribution in [2.45, 2.75) is 19.9 Å². The molecule has 96 valence electrons. The van der Waals surface area contributed by atoms with E-state index in [1.165, 1.54) is 0 Å². The summed E-state index contributed by atoms with van der Waals surface area (Å²) in [5.74, 6) is 0.557. The second kappa shape index (κ2) is 7.86. The van der Waals surface area contributed by atoms with E-state index in [2.05, 4.69) is 5.32 Å². The maximum Gasteiger partial charge on any atom is 0.332 e. The molecule has 1 aromatic rings. The van der Waals surface area contributed by atoms with Crippen LogP contribution in [0.5, 0.6) is 0 Å². The molecule has 1 heterocycles. The second-order valence-electron chi connectivity index (χ2n) is 3.55. The molecular formula is C12H19NO4. The van der Waals surface area contributed by atoms with Gasteiger partial charge in [0.25, 0.3) is 0 Å². The zero-order valence-corrected chi connectivity index (χ0v) is 10.3. The normalized spacial score (nSPS) is 12.4. The van der Waals surface area contributed by atoms with Crippen molar-refractivity contribution < 1.29 is 18.7 Å². The first-order chi connectivity index (χ1) is 8.24. The molecule has 1 N–H and O–H groups in total. The first-order valence-corrected chi connectivity index (χ1v) is 5.74. The fraction of sp³-hybridized carbons (Fsp3) is 0.583. The lowest BCUT2D eigenvalue weighted by Gasteiger charge is -2.11. The molecule has 0 aromatic carbocycles. The summed E-state index contributed by atoms with van der Waals surface area (Å²) in [6.07, 6.45) is 1.64. The summed E-state index contributed by atoms with van der Waals surface area (Å²) in [6.45, 7) is 5.28. The van der Waals surface area contributed by atoms with Gasteiger partial charge in [0, 0.05) is 6.54 Å². The third-order valence-corrected chi connectivity index (χ3v) is 2.19. The summed E-state index contributed by atoms with van der Waals surface area (Å²) >= 11 is 0. The maximum absolute atomic E-state index is 10.9. The molecule has 0 aliphatic heterocycles. The molecule has 0 radical (unpaired) electrons. The van der Waals surface area contributed by atoms with Crippen molar-refractivity contribution in [1.82, 2.24) is 5.32 Å². The Bertz CT molecular complexity index is 310. The predicted octanol–water partition coefficient (Wildman–Crippen LogP) is 1.51. The zero-order valence-electron chi connectivity index (χ0n) is 10.3. The Morgan fingerprint density at radius 1 is 1.59 bits per heavy atom. The van der Waals surface area contributed by atoms with Gasteiger partial charge in [0.05, 0.1) is 25.5 Å². The molecule has 0 aliphatic rings. The number of carbonyl (C=O) groups excluding carboxylic acids is 1. The third kappa shape index (κ3) is 5.51. The van der Waals surface area contributed by atoms with Gasteiger partial charge in [-0.3, -0.25) is 0 Å². The Kier molecular flexibility index (Phi) is 6.35. The van der Waals surface area contributed by atoms with Crippen LogP contribution < -0.4 is 5.32 Å². The Labute approximate surface area is 101 Å². The van der Waals surface area contributed by atoms with E-state index >= 15 is 0 Å². The number of hydrogen-bond donors (Lipinski definition) is 1. The van der Waals surface area contributed by atoms with E-state index in [1.807, 2.05) is 19.1 Å². The van der Waals surface area contributed by atoms with Crippen LogP contribution in [0.25, 0.3) is 0 Å². The fourth-order valence-corrected chi connectivity index (χ4v) is 1.34. The van der Waals surface area contributed by atoms with Gasteiger partial charge in [-0.2, -0.15) is 0 Å². The van der Waals surface area contributed by atoms with E-state index in [1.54, 1.807) is 13.2 Å². The quantitative estimate of drug-likeness (QED) is 0.552. The number of rotatable bonds is 8. The number of hydrogen-bond acceptors (Lipinski definition) is 5. The highest BCUT2D eigenvalue weighted by Crippen LogP contribution is 2.11. The molecule has 0 spiro atoms. The molecular weight excluding hydrogens is 222 g/mol. The van der Waals surface area contributed by atoms with Crippen LogP contribution in [-0.2, 0) is 14.3 Å².